The molecule has 4 fully saturated rings. The molecule has 0 amide bonds. The van der Waals surface area contributed by atoms with E-state index in [9.17, 15) is 5.26 Å². The Morgan fingerprint density at radius 3 is 2.11 bits per heavy atom. The SMILES string of the molecule is N#CC1(C23CC4CC(CC(C4)C2)C3)N=CN=C1N. The van der Waals surface area contributed by atoms with Gasteiger partial charge in [0.15, 0.2) is 0 Å². The van der Waals surface area contributed by atoms with Gasteiger partial charge in [0.25, 0.3) is 0 Å². The molecule has 1 atom stereocenters. The highest BCUT2D eigenvalue weighted by Crippen LogP contribution is 2.64. The monoisotopic (exact) mass is 242 g/mol. The van der Waals surface area contributed by atoms with Gasteiger partial charge in [-0.25, -0.2) is 9.98 Å². The van der Waals surface area contributed by atoms with Crippen molar-refractivity contribution >= 4 is 12.2 Å². The van der Waals surface area contributed by atoms with E-state index in [1.165, 1.54) is 25.6 Å². The third-order valence-corrected chi connectivity index (χ3v) is 5.79. The van der Waals surface area contributed by atoms with Crippen LogP contribution in [0.3, 0.4) is 0 Å². The Hall–Kier alpha value is -1.37. The summed E-state index contributed by atoms with van der Waals surface area (Å²) in [4.78, 5) is 8.54. The summed E-state index contributed by atoms with van der Waals surface area (Å²) in [7, 11) is 0. The minimum absolute atomic E-state index is 0.0168. The predicted octanol–water partition coefficient (Wildman–Crippen LogP) is 1.86. The zero-order chi connectivity index (χ0) is 12.4. The standard InChI is InChI=1S/C14H18N4/c15-7-14(12(16)17-8-18-14)13-4-9-1-10(5-13)3-11(2-9)6-13/h8-11H,1-6H2,(H2,16,17,18). The number of nitrogens with zero attached hydrogens (tertiary/aromatic N) is 3. The van der Waals surface area contributed by atoms with Crippen LogP contribution in [0.2, 0.25) is 0 Å². The summed E-state index contributed by atoms with van der Waals surface area (Å²) in [5.41, 5.74) is 5.19. The van der Waals surface area contributed by atoms with Gasteiger partial charge in [-0.15, -0.1) is 0 Å². The molecule has 1 unspecified atom stereocenters. The zero-order valence-corrected chi connectivity index (χ0v) is 10.5. The molecule has 4 nitrogen and oxygen atoms in total. The molecule has 0 radical (unpaired) electrons. The van der Waals surface area contributed by atoms with Crippen LogP contribution in [-0.4, -0.2) is 17.7 Å². The van der Waals surface area contributed by atoms with E-state index in [-0.39, 0.29) is 5.41 Å². The van der Waals surface area contributed by atoms with Crippen LogP contribution in [0.15, 0.2) is 9.98 Å². The van der Waals surface area contributed by atoms with E-state index in [1.807, 2.05) is 0 Å². The highest BCUT2D eigenvalue weighted by Gasteiger charge is 2.63. The number of nitrogens with two attached hydrogens (primary N) is 1. The van der Waals surface area contributed by atoms with Gasteiger partial charge >= 0.3 is 0 Å². The maximum Gasteiger partial charge on any atom is 0.210 e. The Balaban J connectivity index is 1.82. The van der Waals surface area contributed by atoms with Gasteiger partial charge < -0.3 is 5.73 Å². The Morgan fingerprint density at radius 1 is 1.17 bits per heavy atom. The molecule has 0 aromatic heterocycles. The third-order valence-electron chi connectivity index (χ3n) is 5.79. The summed E-state index contributed by atoms with van der Waals surface area (Å²) in [6, 6.07) is 2.43. The number of nitriles is 1. The highest BCUT2D eigenvalue weighted by molar-refractivity contribution is 6.03. The lowest BCUT2D eigenvalue weighted by Crippen LogP contribution is -2.61. The first-order chi connectivity index (χ1) is 8.67. The quantitative estimate of drug-likeness (QED) is 0.762. The van der Waals surface area contributed by atoms with Crippen molar-refractivity contribution < 1.29 is 0 Å². The first-order valence-corrected chi connectivity index (χ1v) is 6.96. The molecule has 2 N–H and O–H groups in total. The third kappa shape index (κ3) is 1.06. The van der Waals surface area contributed by atoms with Gasteiger partial charge in [0.1, 0.15) is 18.2 Å². The first-order valence-electron chi connectivity index (χ1n) is 6.96. The molecule has 4 heteroatoms. The normalized spacial score (nSPS) is 52.4. The van der Waals surface area contributed by atoms with Crippen LogP contribution in [0.1, 0.15) is 38.5 Å². The first kappa shape index (κ1) is 10.5. The van der Waals surface area contributed by atoms with Crippen LogP contribution < -0.4 is 5.73 Å². The molecule has 0 aromatic carbocycles. The summed E-state index contributed by atoms with van der Waals surface area (Å²) in [6.07, 6.45) is 8.96. The topological polar surface area (TPSA) is 74.5 Å². The summed E-state index contributed by atoms with van der Waals surface area (Å²) < 4.78 is 0. The fourth-order valence-corrected chi connectivity index (χ4v) is 5.50. The summed E-state index contributed by atoms with van der Waals surface area (Å²) in [5.74, 6) is 2.83. The number of rotatable bonds is 1. The van der Waals surface area contributed by atoms with Gasteiger partial charge in [-0.3, -0.25) is 0 Å². The molecule has 0 aromatic rings. The van der Waals surface area contributed by atoms with Gasteiger partial charge in [0, 0.05) is 5.41 Å². The van der Waals surface area contributed by atoms with Gasteiger partial charge in [0.05, 0.1) is 0 Å². The van der Waals surface area contributed by atoms with Crippen LogP contribution >= 0.6 is 0 Å². The molecule has 0 spiro atoms. The van der Waals surface area contributed by atoms with Crippen LogP contribution in [-0.2, 0) is 0 Å². The average Bonchev–Trinajstić information content (AvgIpc) is 2.70. The lowest BCUT2D eigenvalue weighted by Gasteiger charge is -2.59. The zero-order valence-electron chi connectivity index (χ0n) is 10.5. The van der Waals surface area contributed by atoms with E-state index in [0.717, 1.165) is 37.0 Å². The molecular formula is C14H18N4. The van der Waals surface area contributed by atoms with E-state index in [2.05, 4.69) is 16.1 Å². The average molecular weight is 242 g/mol. The number of aliphatic imine (C=N–C) groups is 2. The molecule has 5 rings (SSSR count). The number of amidine groups is 1. The Labute approximate surface area is 107 Å². The van der Waals surface area contributed by atoms with Crippen LogP contribution in [0.5, 0.6) is 0 Å². The second kappa shape index (κ2) is 3.14. The van der Waals surface area contributed by atoms with E-state index in [0.29, 0.717) is 5.84 Å². The van der Waals surface area contributed by atoms with Gasteiger partial charge in [-0.1, -0.05) is 0 Å². The molecule has 4 bridgehead atoms. The van der Waals surface area contributed by atoms with E-state index in [1.54, 1.807) is 0 Å². The van der Waals surface area contributed by atoms with Gasteiger partial charge in [-0.2, -0.15) is 5.26 Å². The molecule has 5 aliphatic rings. The fourth-order valence-electron chi connectivity index (χ4n) is 5.50. The summed E-state index contributed by atoms with van der Waals surface area (Å²) in [6.45, 7) is 0. The van der Waals surface area contributed by atoms with E-state index in [4.69, 9.17) is 5.73 Å². The van der Waals surface area contributed by atoms with Crippen molar-refractivity contribution in [2.24, 2.45) is 38.9 Å². The van der Waals surface area contributed by atoms with Crippen molar-refractivity contribution in [2.45, 2.75) is 44.1 Å². The molecule has 4 aliphatic carbocycles. The Kier molecular flexibility index (Phi) is 1.84. The van der Waals surface area contributed by atoms with Crippen LogP contribution in [0.25, 0.3) is 0 Å². The van der Waals surface area contributed by atoms with Crippen molar-refractivity contribution in [1.29, 1.82) is 5.26 Å². The van der Waals surface area contributed by atoms with Crippen molar-refractivity contribution in [3.63, 3.8) is 0 Å². The second-order valence-electron chi connectivity index (χ2n) is 6.78. The highest BCUT2D eigenvalue weighted by atomic mass is 15.1. The van der Waals surface area contributed by atoms with Crippen molar-refractivity contribution in [3.05, 3.63) is 0 Å². The molecule has 4 saturated carbocycles. The number of hydrogen-bond acceptors (Lipinski definition) is 4. The maximum atomic E-state index is 9.72. The van der Waals surface area contributed by atoms with Crippen molar-refractivity contribution in [3.8, 4) is 6.07 Å². The molecular weight excluding hydrogens is 224 g/mol. The molecule has 0 saturated heterocycles. The van der Waals surface area contributed by atoms with Gasteiger partial charge in [0.2, 0.25) is 5.54 Å². The predicted molar refractivity (Wildman–Crippen MR) is 69.1 cm³/mol. The second-order valence-corrected chi connectivity index (χ2v) is 6.78. The van der Waals surface area contributed by atoms with Crippen molar-refractivity contribution in [1.82, 2.24) is 0 Å². The van der Waals surface area contributed by atoms with Crippen LogP contribution in [0.4, 0.5) is 0 Å². The maximum absolute atomic E-state index is 9.72. The molecule has 1 aliphatic heterocycles. The largest absolute Gasteiger partial charge is 0.384 e. The minimum atomic E-state index is -0.844. The summed E-state index contributed by atoms with van der Waals surface area (Å²) in [5, 5.41) is 9.72. The lowest BCUT2D eigenvalue weighted by atomic mass is 9.44. The van der Waals surface area contributed by atoms with Crippen molar-refractivity contribution in [2.75, 3.05) is 0 Å². The molecule has 18 heavy (non-hydrogen) atoms. The molecule has 1 heterocycles. The lowest BCUT2D eigenvalue weighted by molar-refractivity contribution is -0.0681. The fraction of sp³-hybridized carbons (Fsp3) is 0.786. The Morgan fingerprint density at radius 2 is 1.72 bits per heavy atom. The summed E-state index contributed by atoms with van der Waals surface area (Å²) >= 11 is 0. The smallest absolute Gasteiger partial charge is 0.210 e. The molecule has 94 valence electrons. The van der Waals surface area contributed by atoms with E-state index < -0.39 is 5.54 Å². The van der Waals surface area contributed by atoms with Gasteiger partial charge in [-0.05, 0) is 56.3 Å². The van der Waals surface area contributed by atoms with Crippen LogP contribution in [0, 0.1) is 34.5 Å². The Bertz CT molecular complexity index is 463. The van der Waals surface area contributed by atoms with E-state index >= 15 is 0 Å². The number of hydrogen-bond donors (Lipinski definition) is 1. The minimum Gasteiger partial charge on any atom is -0.384 e.